The molecular formula is C19H15ClFN3O2. The molecule has 7 heteroatoms. The SMILES string of the molecule is Cc1ccc(N2CC(c3noc(-c4cccc(Cl)c4)n3)CC2=O)cc1F. The second-order valence-electron chi connectivity index (χ2n) is 6.31. The Bertz CT molecular complexity index is 988. The van der Waals surface area contributed by atoms with Crippen molar-refractivity contribution in [1.29, 1.82) is 0 Å². The Morgan fingerprint density at radius 3 is 2.88 bits per heavy atom. The van der Waals surface area contributed by atoms with E-state index >= 15 is 0 Å². The standard InChI is InChI=1S/C19H15ClFN3O2/c1-11-5-6-15(9-16(11)21)24-10-13(8-17(24)25)18-22-19(26-23-18)12-3-2-4-14(20)7-12/h2-7,9,13H,8,10H2,1H3. The highest BCUT2D eigenvalue weighted by molar-refractivity contribution is 6.30. The number of benzene rings is 2. The normalized spacial score (nSPS) is 17.1. The Balaban J connectivity index is 1.56. The summed E-state index contributed by atoms with van der Waals surface area (Å²) in [6, 6.07) is 11.9. The molecule has 5 nitrogen and oxygen atoms in total. The zero-order valence-corrected chi connectivity index (χ0v) is 14.7. The second kappa shape index (κ2) is 6.53. The number of hydrogen-bond acceptors (Lipinski definition) is 4. The molecule has 132 valence electrons. The molecule has 4 rings (SSSR count). The van der Waals surface area contributed by atoms with Crippen LogP contribution in [0.15, 0.2) is 47.0 Å². The molecule has 1 amide bonds. The van der Waals surface area contributed by atoms with E-state index < -0.39 is 0 Å². The average molecular weight is 372 g/mol. The maximum atomic E-state index is 13.8. The van der Waals surface area contributed by atoms with Gasteiger partial charge in [0, 0.05) is 35.2 Å². The Hall–Kier alpha value is -2.73. The van der Waals surface area contributed by atoms with Crippen molar-refractivity contribution in [1.82, 2.24) is 10.1 Å². The lowest BCUT2D eigenvalue weighted by atomic mass is 10.1. The van der Waals surface area contributed by atoms with Gasteiger partial charge >= 0.3 is 0 Å². The summed E-state index contributed by atoms with van der Waals surface area (Å²) in [5.41, 5.74) is 1.80. The number of amides is 1. The third-order valence-corrected chi connectivity index (χ3v) is 4.71. The molecule has 0 aliphatic carbocycles. The molecule has 0 bridgehead atoms. The van der Waals surface area contributed by atoms with Gasteiger partial charge in [-0.15, -0.1) is 0 Å². The largest absolute Gasteiger partial charge is 0.334 e. The highest BCUT2D eigenvalue weighted by Crippen LogP contribution is 2.32. The fraction of sp³-hybridized carbons (Fsp3) is 0.211. The van der Waals surface area contributed by atoms with Gasteiger partial charge in [-0.3, -0.25) is 4.79 Å². The van der Waals surface area contributed by atoms with Crippen molar-refractivity contribution < 1.29 is 13.7 Å². The molecule has 1 aromatic heterocycles. The highest BCUT2D eigenvalue weighted by Gasteiger charge is 2.34. The molecule has 3 aromatic rings. The number of anilines is 1. The van der Waals surface area contributed by atoms with Crippen LogP contribution < -0.4 is 4.90 Å². The summed E-state index contributed by atoms with van der Waals surface area (Å²) < 4.78 is 19.1. The summed E-state index contributed by atoms with van der Waals surface area (Å²) in [7, 11) is 0. The van der Waals surface area contributed by atoms with Crippen LogP contribution in [-0.2, 0) is 4.79 Å². The van der Waals surface area contributed by atoms with Crippen LogP contribution in [0.4, 0.5) is 10.1 Å². The lowest BCUT2D eigenvalue weighted by Crippen LogP contribution is -2.24. The number of carbonyl (C=O) groups excluding carboxylic acids is 1. The van der Waals surface area contributed by atoms with Crippen molar-refractivity contribution in [3.63, 3.8) is 0 Å². The maximum absolute atomic E-state index is 13.8. The van der Waals surface area contributed by atoms with Gasteiger partial charge < -0.3 is 9.42 Å². The molecule has 1 fully saturated rings. The van der Waals surface area contributed by atoms with Gasteiger partial charge in [0.15, 0.2) is 5.82 Å². The van der Waals surface area contributed by atoms with E-state index in [2.05, 4.69) is 10.1 Å². The minimum absolute atomic E-state index is 0.0904. The first-order valence-electron chi connectivity index (χ1n) is 8.17. The van der Waals surface area contributed by atoms with Crippen molar-refractivity contribution in [2.45, 2.75) is 19.3 Å². The Kier molecular flexibility index (Phi) is 4.20. The summed E-state index contributed by atoms with van der Waals surface area (Å²) in [4.78, 5) is 18.3. The van der Waals surface area contributed by atoms with E-state index in [1.165, 1.54) is 6.07 Å². The molecule has 26 heavy (non-hydrogen) atoms. The van der Waals surface area contributed by atoms with Gasteiger partial charge in [0.1, 0.15) is 5.82 Å². The van der Waals surface area contributed by atoms with E-state index in [0.717, 1.165) is 5.56 Å². The number of aromatic nitrogens is 2. The highest BCUT2D eigenvalue weighted by atomic mass is 35.5. The molecule has 2 aromatic carbocycles. The number of rotatable bonds is 3. The lowest BCUT2D eigenvalue weighted by Gasteiger charge is -2.16. The number of halogens is 2. The fourth-order valence-electron chi connectivity index (χ4n) is 3.02. The zero-order chi connectivity index (χ0) is 18.3. The molecule has 0 N–H and O–H groups in total. The van der Waals surface area contributed by atoms with Gasteiger partial charge in [0.05, 0.1) is 0 Å². The van der Waals surface area contributed by atoms with Gasteiger partial charge in [0.2, 0.25) is 5.91 Å². The number of hydrogen-bond donors (Lipinski definition) is 0. The van der Waals surface area contributed by atoms with Crippen molar-refractivity contribution in [2.75, 3.05) is 11.4 Å². The third-order valence-electron chi connectivity index (χ3n) is 4.47. The summed E-state index contributed by atoms with van der Waals surface area (Å²) in [6.45, 7) is 2.07. The topological polar surface area (TPSA) is 59.2 Å². The molecule has 0 saturated carbocycles. The molecule has 1 aliphatic heterocycles. The van der Waals surface area contributed by atoms with Crippen molar-refractivity contribution >= 4 is 23.2 Å². The minimum atomic E-state index is -0.332. The van der Waals surface area contributed by atoms with Gasteiger partial charge in [0.25, 0.3) is 5.89 Å². The molecule has 2 heterocycles. The second-order valence-corrected chi connectivity index (χ2v) is 6.74. The van der Waals surface area contributed by atoms with Crippen LogP contribution in [0.25, 0.3) is 11.5 Å². The number of carbonyl (C=O) groups is 1. The van der Waals surface area contributed by atoms with Gasteiger partial charge in [-0.05, 0) is 42.8 Å². The summed E-state index contributed by atoms with van der Waals surface area (Å²) in [5.74, 6) is 0.190. The summed E-state index contributed by atoms with van der Waals surface area (Å²) in [5, 5.41) is 4.59. The first-order valence-corrected chi connectivity index (χ1v) is 8.55. The van der Waals surface area contributed by atoms with Crippen molar-refractivity contribution in [3.05, 3.63) is 64.7 Å². The third kappa shape index (κ3) is 3.08. The predicted octanol–water partition coefficient (Wildman–Crippen LogP) is 4.36. The van der Waals surface area contributed by atoms with Crippen LogP contribution in [0.2, 0.25) is 5.02 Å². The van der Waals surface area contributed by atoms with Crippen LogP contribution in [0.3, 0.4) is 0 Å². The fourth-order valence-corrected chi connectivity index (χ4v) is 3.21. The van der Waals surface area contributed by atoms with Gasteiger partial charge in [-0.1, -0.05) is 28.9 Å². The maximum Gasteiger partial charge on any atom is 0.257 e. The van der Waals surface area contributed by atoms with E-state index in [1.54, 1.807) is 42.2 Å². The molecule has 1 aliphatic rings. The smallest absolute Gasteiger partial charge is 0.257 e. The molecule has 1 unspecified atom stereocenters. The van der Waals surface area contributed by atoms with Gasteiger partial charge in [-0.2, -0.15) is 4.98 Å². The Morgan fingerprint density at radius 2 is 2.12 bits per heavy atom. The predicted molar refractivity (Wildman–Crippen MR) is 95.6 cm³/mol. The van der Waals surface area contributed by atoms with Crippen molar-refractivity contribution in [2.24, 2.45) is 0 Å². The molecule has 0 spiro atoms. The van der Waals surface area contributed by atoms with Crippen LogP contribution in [0.1, 0.15) is 23.7 Å². The molecule has 1 atom stereocenters. The lowest BCUT2D eigenvalue weighted by molar-refractivity contribution is -0.117. The molecule has 1 saturated heterocycles. The van der Waals surface area contributed by atoms with Crippen LogP contribution >= 0.6 is 11.6 Å². The number of aryl methyl sites for hydroxylation is 1. The summed E-state index contributed by atoms with van der Waals surface area (Å²) >= 11 is 5.99. The van der Waals surface area contributed by atoms with E-state index in [9.17, 15) is 9.18 Å². The first kappa shape index (κ1) is 16.7. The van der Waals surface area contributed by atoms with Crippen LogP contribution in [0, 0.1) is 12.7 Å². The van der Waals surface area contributed by atoms with Crippen LogP contribution in [-0.4, -0.2) is 22.6 Å². The Morgan fingerprint density at radius 1 is 1.27 bits per heavy atom. The first-order chi connectivity index (χ1) is 12.5. The van der Waals surface area contributed by atoms with Crippen LogP contribution in [0.5, 0.6) is 0 Å². The monoisotopic (exact) mass is 371 g/mol. The van der Waals surface area contributed by atoms with E-state index in [0.29, 0.717) is 34.5 Å². The van der Waals surface area contributed by atoms with E-state index in [-0.39, 0.29) is 24.1 Å². The number of nitrogens with zero attached hydrogens (tertiary/aromatic N) is 3. The van der Waals surface area contributed by atoms with Gasteiger partial charge in [-0.25, -0.2) is 4.39 Å². The Labute approximate surface area is 154 Å². The van der Waals surface area contributed by atoms with E-state index in [4.69, 9.17) is 16.1 Å². The quantitative estimate of drug-likeness (QED) is 0.686. The molecular weight excluding hydrogens is 357 g/mol. The van der Waals surface area contributed by atoms with E-state index in [1.807, 2.05) is 6.07 Å². The minimum Gasteiger partial charge on any atom is -0.334 e. The molecule has 0 radical (unpaired) electrons. The zero-order valence-electron chi connectivity index (χ0n) is 13.9. The van der Waals surface area contributed by atoms with Crippen molar-refractivity contribution in [3.8, 4) is 11.5 Å². The summed E-state index contributed by atoms with van der Waals surface area (Å²) in [6.07, 6.45) is 0.254. The average Bonchev–Trinajstić information content (AvgIpc) is 3.24.